The smallest absolute Gasteiger partial charge is 0.291 e. The number of non-ortho nitro benzene ring substituents is 1. The van der Waals surface area contributed by atoms with Gasteiger partial charge in [0.15, 0.2) is 11.5 Å². The van der Waals surface area contributed by atoms with E-state index in [9.17, 15) is 14.9 Å². The Morgan fingerprint density at radius 1 is 1.27 bits per heavy atom. The predicted octanol–water partition coefficient (Wildman–Crippen LogP) is 3.04. The largest absolute Gasteiger partial charge is 0.460 e. The summed E-state index contributed by atoms with van der Waals surface area (Å²) < 4.78 is 5.47. The molecule has 9 nitrogen and oxygen atoms in total. The number of hydrogen-bond donors (Lipinski definition) is 2. The van der Waals surface area contributed by atoms with Crippen LogP contribution < -0.4 is 5.43 Å². The summed E-state index contributed by atoms with van der Waals surface area (Å²) in [6, 6.07) is 11.0. The van der Waals surface area contributed by atoms with Crippen molar-refractivity contribution < 1.29 is 14.1 Å². The molecule has 0 fully saturated rings. The molecule has 0 saturated heterocycles. The minimum atomic E-state index is -0.489. The first kappa shape index (κ1) is 17.1. The van der Waals surface area contributed by atoms with Crippen LogP contribution in [0.5, 0.6) is 0 Å². The molecule has 2 aromatic heterocycles. The molecule has 9 heteroatoms. The first-order valence-electron chi connectivity index (χ1n) is 7.65. The number of carbonyl (C=O) groups excluding carboxylic acids is 1. The zero-order chi connectivity index (χ0) is 18.7. The van der Waals surface area contributed by atoms with E-state index in [1.165, 1.54) is 12.1 Å². The summed E-state index contributed by atoms with van der Waals surface area (Å²) in [4.78, 5) is 22.3. The van der Waals surface area contributed by atoms with Crippen LogP contribution in [-0.4, -0.2) is 26.7 Å². The molecule has 1 amide bonds. The Morgan fingerprint density at radius 2 is 2.00 bits per heavy atom. The molecule has 0 aliphatic rings. The number of aromatic nitrogens is 2. The molecule has 1 aromatic carbocycles. The quantitative estimate of drug-likeness (QED) is 0.414. The predicted molar refractivity (Wildman–Crippen MR) is 93.8 cm³/mol. The Balaban J connectivity index is 1.68. The number of amides is 1. The Labute approximate surface area is 147 Å². The first-order valence-corrected chi connectivity index (χ1v) is 7.65. The van der Waals surface area contributed by atoms with Crippen LogP contribution >= 0.6 is 0 Å². The first-order chi connectivity index (χ1) is 12.4. The minimum Gasteiger partial charge on any atom is -0.460 e. The van der Waals surface area contributed by atoms with E-state index >= 15 is 0 Å². The maximum atomic E-state index is 12.2. The summed E-state index contributed by atoms with van der Waals surface area (Å²) in [6.45, 7) is 3.51. The summed E-state index contributed by atoms with van der Waals surface area (Å²) >= 11 is 0. The van der Waals surface area contributed by atoms with Gasteiger partial charge in [-0.2, -0.15) is 10.2 Å². The number of nitrogens with one attached hydrogen (secondary N) is 2. The standard InChI is InChI=1S/C17H15N5O4/c1-10-3-8-16(26-10)14-9-15(20-19-14)17(23)21-18-11(2)12-4-6-13(7-5-12)22(24)25/h3-9H,1-2H3,(H,19,20)(H,21,23)/b18-11+. The highest BCUT2D eigenvalue weighted by atomic mass is 16.6. The van der Waals surface area contributed by atoms with Gasteiger partial charge in [-0.05, 0) is 43.7 Å². The van der Waals surface area contributed by atoms with Gasteiger partial charge >= 0.3 is 0 Å². The fraction of sp³-hybridized carbons (Fsp3) is 0.118. The summed E-state index contributed by atoms with van der Waals surface area (Å²) in [6.07, 6.45) is 0. The molecular formula is C17H15N5O4. The number of aromatic amines is 1. The number of carbonyl (C=O) groups is 1. The average molecular weight is 353 g/mol. The molecule has 0 aliphatic carbocycles. The molecule has 132 valence electrons. The van der Waals surface area contributed by atoms with Gasteiger partial charge < -0.3 is 4.42 Å². The minimum absolute atomic E-state index is 0.0113. The number of benzene rings is 1. The molecule has 26 heavy (non-hydrogen) atoms. The topological polar surface area (TPSA) is 126 Å². The molecular weight excluding hydrogens is 338 g/mol. The molecule has 0 spiro atoms. The van der Waals surface area contributed by atoms with Gasteiger partial charge in [-0.1, -0.05) is 0 Å². The highest BCUT2D eigenvalue weighted by Gasteiger charge is 2.13. The lowest BCUT2D eigenvalue weighted by molar-refractivity contribution is -0.384. The van der Waals surface area contributed by atoms with E-state index in [0.29, 0.717) is 22.7 Å². The van der Waals surface area contributed by atoms with E-state index in [1.54, 1.807) is 31.2 Å². The van der Waals surface area contributed by atoms with Crippen LogP contribution in [0.2, 0.25) is 0 Å². The van der Waals surface area contributed by atoms with Crippen molar-refractivity contribution >= 4 is 17.3 Å². The van der Waals surface area contributed by atoms with Crippen molar-refractivity contribution in [3.63, 3.8) is 0 Å². The molecule has 0 radical (unpaired) electrons. The third-order valence-corrected chi connectivity index (χ3v) is 3.64. The molecule has 2 heterocycles. The van der Waals surface area contributed by atoms with Gasteiger partial charge in [0.2, 0.25) is 0 Å². The second-order valence-electron chi connectivity index (χ2n) is 5.52. The van der Waals surface area contributed by atoms with E-state index in [4.69, 9.17) is 4.42 Å². The molecule has 0 unspecified atom stereocenters. The number of nitrogens with zero attached hydrogens (tertiary/aromatic N) is 3. The van der Waals surface area contributed by atoms with Gasteiger partial charge in [0.1, 0.15) is 11.5 Å². The highest BCUT2D eigenvalue weighted by Crippen LogP contribution is 2.20. The van der Waals surface area contributed by atoms with Crippen LogP contribution in [-0.2, 0) is 0 Å². The number of hydrazone groups is 1. The van der Waals surface area contributed by atoms with Crippen molar-refractivity contribution in [3.8, 4) is 11.5 Å². The molecule has 0 saturated carbocycles. The van der Waals surface area contributed by atoms with Crippen LogP contribution in [0, 0.1) is 17.0 Å². The molecule has 0 aliphatic heterocycles. The van der Waals surface area contributed by atoms with Crippen molar-refractivity contribution in [2.45, 2.75) is 13.8 Å². The fourth-order valence-electron chi connectivity index (χ4n) is 2.22. The monoisotopic (exact) mass is 353 g/mol. The Kier molecular flexibility index (Phi) is 4.61. The molecule has 0 atom stereocenters. The van der Waals surface area contributed by atoms with Crippen LogP contribution in [0.3, 0.4) is 0 Å². The van der Waals surface area contributed by atoms with Crippen LogP contribution in [0.4, 0.5) is 5.69 Å². The Hall–Kier alpha value is -3.75. The van der Waals surface area contributed by atoms with Crippen LogP contribution in [0.15, 0.2) is 52.0 Å². The third kappa shape index (κ3) is 3.66. The lowest BCUT2D eigenvalue weighted by atomic mass is 10.1. The second kappa shape index (κ2) is 7.01. The summed E-state index contributed by atoms with van der Waals surface area (Å²) in [7, 11) is 0. The van der Waals surface area contributed by atoms with Gasteiger partial charge in [0, 0.05) is 18.2 Å². The van der Waals surface area contributed by atoms with Gasteiger partial charge in [-0.15, -0.1) is 0 Å². The number of furan rings is 1. The number of rotatable bonds is 5. The zero-order valence-corrected chi connectivity index (χ0v) is 14.0. The lowest BCUT2D eigenvalue weighted by Crippen LogP contribution is -2.19. The molecule has 3 rings (SSSR count). The van der Waals surface area contributed by atoms with Crippen molar-refractivity contribution in [2.24, 2.45) is 5.10 Å². The molecule has 0 bridgehead atoms. The zero-order valence-electron chi connectivity index (χ0n) is 14.0. The number of aryl methyl sites for hydroxylation is 1. The lowest BCUT2D eigenvalue weighted by Gasteiger charge is -2.01. The maximum Gasteiger partial charge on any atom is 0.291 e. The van der Waals surface area contributed by atoms with Gasteiger partial charge in [0.25, 0.3) is 11.6 Å². The third-order valence-electron chi connectivity index (χ3n) is 3.64. The molecule has 3 aromatic rings. The number of H-pyrrole nitrogens is 1. The van der Waals surface area contributed by atoms with Crippen LogP contribution in [0.25, 0.3) is 11.5 Å². The number of nitro groups is 1. The van der Waals surface area contributed by atoms with Crippen molar-refractivity contribution in [2.75, 3.05) is 0 Å². The van der Waals surface area contributed by atoms with Crippen molar-refractivity contribution in [1.82, 2.24) is 15.6 Å². The van der Waals surface area contributed by atoms with Gasteiger partial charge in [0.05, 0.1) is 10.6 Å². The Morgan fingerprint density at radius 3 is 2.62 bits per heavy atom. The number of hydrogen-bond acceptors (Lipinski definition) is 6. The fourth-order valence-corrected chi connectivity index (χ4v) is 2.22. The Bertz CT molecular complexity index is 985. The average Bonchev–Trinajstić information content (AvgIpc) is 3.28. The van der Waals surface area contributed by atoms with Gasteiger partial charge in [-0.3, -0.25) is 20.0 Å². The summed E-state index contributed by atoms with van der Waals surface area (Å²) in [5.41, 5.74) is 4.30. The SMILES string of the molecule is C/C(=N\NC(=O)c1cc(-c2ccc(C)o2)[nH]n1)c1ccc([N+](=O)[O-])cc1. The van der Waals surface area contributed by atoms with E-state index in [1.807, 2.05) is 13.0 Å². The normalized spacial score (nSPS) is 11.4. The van der Waals surface area contributed by atoms with Crippen molar-refractivity contribution in [3.05, 3.63) is 69.6 Å². The van der Waals surface area contributed by atoms with Gasteiger partial charge in [-0.25, -0.2) is 5.43 Å². The summed E-state index contributed by atoms with van der Waals surface area (Å²) in [5.74, 6) is 0.848. The summed E-state index contributed by atoms with van der Waals surface area (Å²) in [5, 5.41) is 21.3. The number of nitro benzene ring substituents is 1. The van der Waals surface area contributed by atoms with E-state index in [2.05, 4.69) is 20.7 Å². The molecule has 2 N–H and O–H groups in total. The van der Waals surface area contributed by atoms with Crippen molar-refractivity contribution in [1.29, 1.82) is 0 Å². The van der Waals surface area contributed by atoms with E-state index in [0.717, 1.165) is 5.76 Å². The second-order valence-corrected chi connectivity index (χ2v) is 5.52. The maximum absolute atomic E-state index is 12.2. The van der Waals surface area contributed by atoms with Crippen LogP contribution in [0.1, 0.15) is 28.7 Å². The van der Waals surface area contributed by atoms with E-state index < -0.39 is 10.8 Å². The highest BCUT2D eigenvalue weighted by molar-refractivity contribution is 6.00. The van der Waals surface area contributed by atoms with E-state index in [-0.39, 0.29) is 11.4 Å².